The first-order valence-corrected chi connectivity index (χ1v) is 9.20. The first-order chi connectivity index (χ1) is 13.3. The molecular weight excluding hydrogens is 378 g/mol. The van der Waals surface area contributed by atoms with Gasteiger partial charge in [-0.3, -0.25) is 14.5 Å². The van der Waals surface area contributed by atoms with E-state index in [4.69, 9.17) is 11.6 Å². The van der Waals surface area contributed by atoms with E-state index in [9.17, 15) is 14.4 Å². The molecule has 2 heterocycles. The fourth-order valence-electron chi connectivity index (χ4n) is 3.68. The smallest absolute Gasteiger partial charge is 0.325 e. The third-order valence-electron chi connectivity index (χ3n) is 5.17. The van der Waals surface area contributed by atoms with Crippen molar-refractivity contribution in [3.05, 3.63) is 70.4 Å². The fourth-order valence-corrected chi connectivity index (χ4v) is 3.80. The van der Waals surface area contributed by atoms with Crippen molar-refractivity contribution in [2.45, 2.75) is 19.4 Å². The highest BCUT2D eigenvalue weighted by molar-refractivity contribution is 6.30. The number of para-hydroxylation sites is 1. The quantitative estimate of drug-likeness (QED) is 0.521. The number of halogens is 1. The minimum Gasteiger partial charge on any atom is -0.358 e. The van der Waals surface area contributed by atoms with Crippen LogP contribution in [0, 0.1) is 6.92 Å². The van der Waals surface area contributed by atoms with E-state index in [1.807, 2.05) is 24.3 Å². The van der Waals surface area contributed by atoms with Gasteiger partial charge in [-0.05, 0) is 37.6 Å². The van der Waals surface area contributed by atoms with E-state index >= 15 is 0 Å². The average Bonchev–Trinajstić information content (AvgIpc) is 3.11. The van der Waals surface area contributed by atoms with Crippen molar-refractivity contribution in [2.24, 2.45) is 0 Å². The summed E-state index contributed by atoms with van der Waals surface area (Å²) in [5, 5.41) is 4.01. The van der Waals surface area contributed by atoms with Crippen LogP contribution in [0.2, 0.25) is 5.02 Å². The number of ketones is 1. The molecule has 1 aromatic heterocycles. The van der Waals surface area contributed by atoms with Gasteiger partial charge in [0.2, 0.25) is 0 Å². The number of benzene rings is 2. The van der Waals surface area contributed by atoms with E-state index in [-0.39, 0.29) is 12.3 Å². The van der Waals surface area contributed by atoms with Crippen LogP contribution in [0.3, 0.4) is 0 Å². The molecule has 1 saturated heterocycles. The molecule has 0 saturated carbocycles. The Kier molecular flexibility index (Phi) is 4.23. The van der Waals surface area contributed by atoms with Crippen LogP contribution in [-0.2, 0) is 10.3 Å². The first-order valence-electron chi connectivity index (χ1n) is 8.82. The second-order valence-electron chi connectivity index (χ2n) is 7.05. The second-order valence-corrected chi connectivity index (χ2v) is 7.48. The summed E-state index contributed by atoms with van der Waals surface area (Å²) in [6, 6.07) is 13.5. The largest absolute Gasteiger partial charge is 0.358 e. The van der Waals surface area contributed by atoms with Crippen LogP contribution >= 0.6 is 11.6 Å². The van der Waals surface area contributed by atoms with E-state index < -0.39 is 17.5 Å². The Labute approximate surface area is 166 Å². The van der Waals surface area contributed by atoms with Crippen molar-refractivity contribution in [1.82, 2.24) is 15.2 Å². The summed E-state index contributed by atoms with van der Waals surface area (Å²) in [6.07, 6.45) is 0. The number of hydrogen-bond donors (Lipinski definition) is 2. The summed E-state index contributed by atoms with van der Waals surface area (Å²) >= 11 is 5.92. The van der Waals surface area contributed by atoms with Gasteiger partial charge in [-0.1, -0.05) is 41.9 Å². The van der Waals surface area contributed by atoms with Gasteiger partial charge in [-0.15, -0.1) is 0 Å². The second kappa shape index (κ2) is 6.49. The zero-order chi connectivity index (χ0) is 20.1. The van der Waals surface area contributed by atoms with E-state index in [1.165, 1.54) is 0 Å². The molecule has 0 bridgehead atoms. The number of aromatic amines is 1. The normalized spacial score (nSPS) is 19.3. The van der Waals surface area contributed by atoms with E-state index in [1.54, 1.807) is 38.1 Å². The predicted octanol–water partition coefficient (Wildman–Crippen LogP) is 3.78. The zero-order valence-electron chi connectivity index (χ0n) is 15.4. The molecule has 1 fully saturated rings. The molecule has 0 radical (unpaired) electrons. The summed E-state index contributed by atoms with van der Waals surface area (Å²) in [7, 11) is 0. The van der Waals surface area contributed by atoms with Crippen molar-refractivity contribution in [1.29, 1.82) is 0 Å². The molecule has 1 aliphatic heterocycles. The topological polar surface area (TPSA) is 82.3 Å². The molecule has 0 unspecified atom stereocenters. The number of nitrogens with zero attached hydrogens (tertiary/aromatic N) is 1. The Hall–Kier alpha value is -3.12. The van der Waals surface area contributed by atoms with Gasteiger partial charge in [0.05, 0.1) is 6.54 Å². The maximum Gasteiger partial charge on any atom is 0.325 e. The summed E-state index contributed by atoms with van der Waals surface area (Å²) in [5.74, 6) is -0.760. The van der Waals surface area contributed by atoms with Crippen LogP contribution in [0.15, 0.2) is 48.5 Å². The number of urea groups is 1. The number of aryl methyl sites for hydroxylation is 1. The molecule has 142 valence electrons. The van der Waals surface area contributed by atoms with Crippen molar-refractivity contribution < 1.29 is 14.4 Å². The van der Waals surface area contributed by atoms with Crippen molar-refractivity contribution in [3.8, 4) is 0 Å². The maximum absolute atomic E-state index is 13.0. The number of fused-ring (bicyclic) bond motifs is 1. The van der Waals surface area contributed by atoms with Gasteiger partial charge in [0.25, 0.3) is 5.91 Å². The lowest BCUT2D eigenvalue weighted by atomic mass is 9.92. The monoisotopic (exact) mass is 395 g/mol. The molecule has 3 amide bonds. The number of carbonyl (C=O) groups is 3. The third-order valence-corrected chi connectivity index (χ3v) is 5.42. The van der Waals surface area contributed by atoms with Crippen molar-refractivity contribution >= 4 is 40.2 Å². The van der Waals surface area contributed by atoms with Gasteiger partial charge in [0.15, 0.2) is 5.78 Å². The Morgan fingerprint density at radius 1 is 1.11 bits per heavy atom. The van der Waals surface area contributed by atoms with Crippen molar-refractivity contribution in [2.75, 3.05) is 6.54 Å². The van der Waals surface area contributed by atoms with E-state index in [0.717, 1.165) is 15.8 Å². The van der Waals surface area contributed by atoms with Gasteiger partial charge in [-0.2, -0.15) is 0 Å². The molecular formula is C21H18ClN3O3. The molecule has 7 heteroatoms. The number of Topliss-reactive ketones (excluding diaryl/α,β-unsaturated/α-hetero) is 1. The van der Waals surface area contributed by atoms with Crippen LogP contribution in [0.5, 0.6) is 0 Å². The maximum atomic E-state index is 13.0. The number of carbonyl (C=O) groups excluding carboxylic acids is 3. The Bertz CT molecular complexity index is 1120. The number of rotatable bonds is 4. The minimum atomic E-state index is -1.24. The standard InChI is InChI=1S/C21H18ClN3O3/c1-12-18(15-5-3-4-6-16(15)23-12)17(26)11-25-19(27)21(2,24-20(25)28)13-7-9-14(22)10-8-13/h3-10,23H,11H2,1-2H3,(H,24,28)/t21-/m0/s1. The summed E-state index contributed by atoms with van der Waals surface area (Å²) in [4.78, 5) is 42.6. The molecule has 2 aromatic carbocycles. The molecule has 1 aliphatic rings. The molecule has 6 nitrogen and oxygen atoms in total. The number of nitrogens with one attached hydrogen (secondary N) is 2. The average molecular weight is 396 g/mol. The predicted molar refractivity (Wildman–Crippen MR) is 106 cm³/mol. The fraction of sp³-hybridized carbons (Fsp3) is 0.190. The lowest BCUT2D eigenvalue weighted by Gasteiger charge is -2.22. The highest BCUT2D eigenvalue weighted by Crippen LogP contribution is 2.30. The number of H-pyrrole nitrogens is 1. The van der Waals surface area contributed by atoms with Gasteiger partial charge in [0.1, 0.15) is 5.54 Å². The SMILES string of the molecule is Cc1[nH]c2ccccc2c1C(=O)CN1C(=O)N[C@@](C)(c2ccc(Cl)cc2)C1=O. The van der Waals surface area contributed by atoms with Gasteiger partial charge < -0.3 is 10.3 Å². The first kappa shape index (κ1) is 18.3. The molecule has 28 heavy (non-hydrogen) atoms. The van der Waals surface area contributed by atoms with Crippen molar-refractivity contribution in [3.63, 3.8) is 0 Å². The molecule has 0 spiro atoms. The van der Waals surface area contributed by atoms with E-state index in [0.29, 0.717) is 21.8 Å². The summed E-state index contributed by atoms with van der Waals surface area (Å²) in [5.41, 5.74) is 1.41. The molecule has 4 rings (SSSR count). The Morgan fingerprint density at radius 2 is 1.79 bits per heavy atom. The summed E-state index contributed by atoms with van der Waals surface area (Å²) < 4.78 is 0. The number of aromatic nitrogens is 1. The zero-order valence-corrected chi connectivity index (χ0v) is 16.1. The van der Waals surface area contributed by atoms with Gasteiger partial charge in [0, 0.05) is 27.2 Å². The number of imide groups is 1. The van der Waals surface area contributed by atoms with E-state index in [2.05, 4.69) is 10.3 Å². The van der Waals surface area contributed by atoms with Crippen LogP contribution in [0.25, 0.3) is 10.9 Å². The lowest BCUT2D eigenvalue weighted by Crippen LogP contribution is -2.41. The highest BCUT2D eigenvalue weighted by Gasteiger charge is 2.49. The van der Waals surface area contributed by atoms with Gasteiger partial charge in [-0.25, -0.2) is 4.79 Å². The molecule has 0 aliphatic carbocycles. The molecule has 2 N–H and O–H groups in total. The highest BCUT2D eigenvalue weighted by atomic mass is 35.5. The summed E-state index contributed by atoms with van der Waals surface area (Å²) in [6.45, 7) is 3.10. The molecule has 1 atom stereocenters. The van der Waals surface area contributed by atoms with Gasteiger partial charge >= 0.3 is 6.03 Å². The Morgan fingerprint density at radius 3 is 2.50 bits per heavy atom. The number of amides is 3. The van der Waals surface area contributed by atoms with Crippen LogP contribution in [0.4, 0.5) is 4.79 Å². The Balaban J connectivity index is 1.64. The van der Waals surface area contributed by atoms with Crippen LogP contribution < -0.4 is 5.32 Å². The minimum absolute atomic E-state index is 0.293. The third kappa shape index (κ3) is 2.77. The lowest BCUT2D eigenvalue weighted by molar-refractivity contribution is -0.130. The molecule has 3 aromatic rings. The number of hydrogen-bond acceptors (Lipinski definition) is 3. The van der Waals surface area contributed by atoms with Crippen LogP contribution in [0.1, 0.15) is 28.5 Å². The van der Waals surface area contributed by atoms with Crippen LogP contribution in [-0.4, -0.2) is 34.2 Å².